The predicted molar refractivity (Wildman–Crippen MR) is 90.7 cm³/mol. The standard InChI is InChI=1S/C20H25NO/c22-14-8-7-9-17-15-21(16-17)20(18-10-3-1-4-11-18)19-12-5-2-6-13-19/h1-6,10-13,17,20,22H,7-9,14-16H2. The van der Waals surface area contributed by atoms with Gasteiger partial charge in [0.15, 0.2) is 0 Å². The van der Waals surface area contributed by atoms with Gasteiger partial charge >= 0.3 is 0 Å². The lowest BCUT2D eigenvalue weighted by Gasteiger charge is -2.45. The summed E-state index contributed by atoms with van der Waals surface area (Å²) in [6.07, 6.45) is 3.33. The Bertz CT molecular complexity index is 509. The second kappa shape index (κ2) is 7.57. The molecule has 0 radical (unpaired) electrons. The smallest absolute Gasteiger partial charge is 0.0602 e. The Balaban J connectivity index is 1.69. The minimum Gasteiger partial charge on any atom is -0.396 e. The number of hydrogen-bond donors (Lipinski definition) is 1. The van der Waals surface area contributed by atoms with Crippen molar-refractivity contribution in [3.05, 3.63) is 71.8 Å². The number of rotatable bonds is 7. The summed E-state index contributed by atoms with van der Waals surface area (Å²) >= 11 is 0. The summed E-state index contributed by atoms with van der Waals surface area (Å²) in [4.78, 5) is 2.58. The largest absolute Gasteiger partial charge is 0.396 e. The van der Waals surface area contributed by atoms with Crippen molar-refractivity contribution in [1.82, 2.24) is 4.90 Å². The van der Waals surface area contributed by atoms with E-state index in [9.17, 15) is 0 Å². The molecule has 0 bridgehead atoms. The van der Waals surface area contributed by atoms with Gasteiger partial charge in [-0.25, -0.2) is 0 Å². The molecule has 116 valence electrons. The third kappa shape index (κ3) is 3.57. The molecule has 22 heavy (non-hydrogen) atoms. The maximum atomic E-state index is 8.90. The Kier molecular flexibility index (Phi) is 5.25. The molecule has 0 amide bonds. The molecular weight excluding hydrogens is 270 g/mol. The average Bonchev–Trinajstić information content (AvgIpc) is 2.54. The molecule has 1 aliphatic heterocycles. The quantitative estimate of drug-likeness (QED) is 0.784. The number of likely N-dealkylation sites (tertiary alicyclic amines) is 1. The molecule has 1 fully saturated rings. The minimum absolute atomic E-state index is 0.326. The number of benzene rings is 2. The van der Waals surface area contributed by atoms with Crippen LogP contribution in [0.3, 0.4) is 0 Å². The van der Waals surface area contributed by atoms with Crippen LogP contribution in [0.1, 0.15) is 36.4 Å². The lowest BCUT2D eigenvalue weighted by Crippen LogP contribution is -2.48. The maximum absolute atomic E-state index is 8.90. The maximum Gasteiger partial charge on any atom is 0.0602 e. The van der Waals surface area contributed by atoms with E-state index in [1.54, 1.807) is 0 Å². The van der Waals surface area contributed by atoms with Crippen LogP contribution >= 0.6 is 0 Å². The van der Waals surface area contributed by atoms with Crippen molar-refractivity contribution in [2.75, 3.05) is 19.7 Å². The highest BCUT2D eigenvalue weighted by atomic mass is 16.2. The summed E-state index contributed by atoms with van der Waals surface area (Å²) in [6.45, 7) is 2.66. The molecule has 0 aromatic heterocycles. The van der Waals surface area contributed by atoms with E-state index in [0.717, 1.165) is 18.8 Å². The molecule has 2 nitrogen and oxygen atoms in total. The molecule has 0 unspecified atom stereocenters. The van der Waals surface area contributed by atoms with Crippen LogP contribution < -0.4 is 0 Å². The van der Waals surface area contributed by atoms with Gasteiger partial charge in [-0.3, -0.25) is 4.90 Å². The van der Waals surface area contributed by atoms with Gasteiger partial charge in [-0.05, 0) is 29.9 Å². The van der Waals surface area contributed by atoms with Gasteiger partial charge in [0.1, 0.15) is 0 Å². The van der Waals surface area contributed by atoms with E-state index in [1.165, 1.54) is 30.6 Å². The van der Waals surface area contributed by atoms with Crippen LogP contribution in [0.5, 0.6) is 0 Å². The van der Waals surface area contributed by atoms with Gasteiger partial charge in [0.25, 0.3) is 0 Å². The van der Waals surface area contributed by atoms with Crippen molar-refractivity contribution in [1.29, 1.82) is 0 Å². The molecular formula is C20H25NO. The second-order valence-electron chi connectivity index (χ2n) is 6.26. The van der Waals surface area contributed by atoms with Gasteiger partial charge in [-0.1, -0.05) is 67.1 Å². The molecule has 2 aromatic carbocycles. The second-order valence-corrected chi connectivity index (χ2v) is 6.26. The number of nitrogens with zero attached hydrogens (tertiary/aromatic N) is 1. The Morgan fingerprint density at radius 1 is 0.864 bits per heavy atom. The normalized spacial score (nSPS) is 15.9. The predicted octanol–water partition coefficient (Wildman–Crippen LogP) is 3.87. The molecule has 1 N–H and O–H groups in total. The highest BCUT2D eigenvalue weighted by Crippen LogP contribution is 2.35. The molecule has 0 saturated carbocycles. The summed E-state index contributed by atoms with van der Waals surface area (Å²) < 4.78 is 0. The lowest BCUT2D eigenvalue weighted by molar-refractivity contribution is 0.0611. The first-order valence-electron chi connectivity index (χ1n) is 8.33. The van der Waals surface area contributed by atoms with Gasteiger partial charge in [0, 0.05) is 19.7 Å². The monoisotopic (exact) mass is 295 g/mol. The molecule has 2 aromatic rings. The fourth-order valence-electron chi connectivity index (χ4n) is 3.43. The Morgan fingerprint density at radius 3 is 1.91 bits per heavy atom. The molecule has 1 heterocycles. The van der Waals surface area contributed by atoms with Crippen molar-refractivity contribution in [3.63, 3.8) is 0 Å². The molecule has 3 rings (SSSR count). The van der Waals surface area contributed by atoms with E-state index in [0.29, 0.717) is 12.6 Å². The van der Waals surface area contributed by atoms with E-state index in [1.807, 2.05) is 0 Å². The molecule has 0 atom stereocenters. The van der Waals surface area contributed by atoms with Gasteiger partial charge < -0.3 is 5.11 Å². The first kappa shape index (κ1) is 15.3. The summed E-state index contributed by atoms with van der Waals surface area (Å²) in [5.41, 5.74) is 2.75. The molecule has 0 spiro atoms. The molecule has 2 heteroatoms. The van der Waals surface area contributed by atoms with Crippen LogP contribution in [0.4, 0.5) is 0 Å². The van der Waals surface area contributed by atoms with Crippen LogP contribution in [0.15, 0.2) is 60.7 Å². The zero-order valence-corrected chi connectivity index (χ0v) is 13.1. The van der Waals surface area contributed by atoms with Crippen LogP contribution in [0, 0.1) is 5.92 Å². The third-order valence-corrected chi connectivity index (χ3v) is 4.60. The number of hydrogen-bond acceptors (Lipinski definition) is 2. The van der Waals surface area contributed by atoms with Gasteiger partial charge in [0.2, 0.25) is 0 Å². The Morgan fingerprint density at radius 2 is 1.41 bits per heavy atom. The Labute approximate surface area is 133 Å². The summed E-state index contributed by atoms with van der Waals surface area (Å²) in [6, 6.07) is 22.0. The highest BCUT2D eigenvalue weighted by molar-refractivity contribution is 5.32. The minimum atomic E-state index is 0.326. The van der Waals surface area contributed by atoms with E-state index >= 15 is 0 Å². The fourth-order valence-corrected chi connectivity index (χ4v) is 3.43. The number of aliphatic hydroxyl groups excluding tert-OH is 1. The van der Waals surface area contributed by atoms with E-state index in [-0.39, 0.29) is 0 Å². The zero-order valence-electron chi connectivity index (χ0n) is 13.1. The van der Waals surface area contributed by atoms with Crippen LogP contribution in [0.25, 0.3) is 0 Å². The summed E-state index contributed by atoms with van der Waals surface area (Å²) in [7, 11) is 0. The molecule has 1 aliphatic rings. The van der Waals surface area contributed by atoms with Gasteiger partial charge in [-0.2, -0.15) is 0 Å². The van der Waals surface area contributed by atoms with Crippen LogP contribution in [-0.4, -0.2) is 29.7 Å². The summed E-state index contributed by atoms with van der Waals surface area (Å²) in [5.74, 6) is 0.793. The van der Waals surface area contributed by atoms with Crippen molar-refractivity contribution >= 4 is 0 Å². The molecule has 0 aliphatic carbocycles. The van der Waals surface area contributed by atoms with Crippen LogP contribution in [0.2, 0.25) is 0 Å². The third-order valence-electron chi connectivity index (χ3n) is 4.60. The van der Waals surface area contributed by atoms with Crippen molar-refractivity contribution in [3.8, 4) is 0 Å². The SMILES string of the molecule is OCCCCC1CN(C(c2ccccc2)c2ccccc2)C1. The molecule has 1 saturated heterocycles. The number of aliphatic hydroxyl groups is 1. The van der Waals surface area contributed by atoms with E-state index in [2.05, 4.69) is 65.6 Å². The van der Waals surface area contributed by atoms with Crippen molar-refractivity contribution < 1.29 is 5.11 Å². The fraction of sp³-hybridized carbons (Fsp3) is 0.400. The van der Waals surface area contributed by atoms with E-state index in [4.69, 9.17) is 5.11 Å². The first-order valence-corrected chi connectivity index (χ1v) is 8.33. The van der Waals surface area contributed by atoms with E-state index < -0.39 is 0 Å². The van der Waals surface area contributed by atoms with Crippen molar-refractivity contribution in [2.24, 2.45) is 5.92 Å². The highest BCUT2D eigenvalue weighted by Gasteiger charge is 2.33. The lowest BCUT2D eigenvalue weighted by atomic mass is 9.88. The zero-order chi connectivity index (χ0) is 15.2. The van der Waals surface area contributed by atoms with Gasteiger partial charge in [0.05, 0.1) is 6.04 Å². The number of unbranched alkanes of at least 4 members (excludes halogenated alkanes) is 1. The average molecular weight is 295 g/mol. The Hall–Kier alpha value is -1.64. The summed E-state index contributed by atoms with van der Waals surface area (Å²) in [5, 5.41) is 8.90. The topological polar surface area (TPSA) is 23.5 Å². The van der Waals surface area contributed by atoms with Gasteiger partial charge in [-0.15, -0.1) is 0 Å². The van der Waals surface area contributed by atoms with Crippen LogP contribution in [-0.2, 0) is 0 Å². The first-order chi connectivity index (χ1) is 10.9. The van der Waals surface area contributed by atoms with Crippen molar-refractivity contribution in [2.45, 2.75) is 25.3 Å².